The summed E-state index contributed by atoms with van der Waals surface area (Å²) in [6, 6.07) is 7.81. The fourth-order valence-electron chi connectivity index (χ4n) is 2.10. The zero-order valence-corrected chi connectivity index (χ0v) is 13.3. The first-order valence-corrected chi connectivity index (χ1v) is 7.33. The summed E-state index contributed by atoms with van der Waals surface area (Å²) >= 11 is 0. The molecular formula is C17H24N2O2. The Balaban J connectivity index is 1.95. The van der Waals surface area contributed by atoms with Crippen LogP contribution in [-0.4, -0.2) is 24.2 Å². The minimum absolute atomic E-state index is 0.152. The van der Waals surface area contributed by atoms with Gasteiger partial charge in [0.25, 0.3) is 0 Å². The number of benzene rings is 1. The van der Waals surface area contributed by atoms with Gasteiger partial charge in [-0.1, -0.05) is 12.1 Å². The van der Waals surface area contributed by atoms with Gasteiger partial charge in [-0.05, 0) is 45.9 Å². The minimum atomic E-state index is 0.152. The van der Waals surface area contributed by atoms with Gasteiger partial charge >= 0.3 is 0 Å². The van der Waals surface area contributed by atoms with Crippen molar-refractivity contribution in [3.8, 4) is 17.1 Å². The van der Waals surface area contributed by atoms with Gasteiger partial charge in [-0.15, -0.1) is 0 Å². The molecule has 0 spiro atoms. The third kappa shape index (κ3) is 4.60. The molecule has 0 unspecified atom stereocenters. The monoisotopic (exact) mass is 288 g/mol. The Hall–Kier alpha value is -1.81. The second kappa shape index (κ2) is 6.76. The molecule has 0 saturated heterocycles. The standard InChI is InChI=1S/C17H24N2O2/c1-17(2,3)19-11-7-10-16-18-12-15(21-16)13-8-5-6-9-14(13)20-4/h5-6,8-9,12,19H,7,10-11H2,1-4H3. The SMILES string of the molecule is COc1ccccc1-c1cnc(CCCNC(C)(C)C)o1. The lowest BCUT2D eigenvalue weighted by Crippen LogP contribution is -2.36. The number of methoxy groups -OCH3 is 1. The number of rotatable bonds is 6. The van der Waals surface area contributed by atoms with Gasteiger partial charge in [-0.2, -0.15) is 0 Å². The van der Waals surface area contributed by atoms with E-state index in [0.29, 0.717) is 0 Å². The number of ether oxygens (including phenoxy) is 1. The minimum Gasteiger partial charge on any atom is -0.496 e. The summed E-state index contributed by atoms with van der Waals surface area (Å²) in [7, 11) is 1.66. The van der Waals surface area contributed by atoms with Crippen LogP contribution in [0.15, 0.2) is 34.9 Å². The van der Waals surface area contributed by atoms with E-state index in [2.05, 4.69) is 31.1 Å². The van der Waals surface area contributed by atoms with E-state index in [1.54, 1.807) is 13.3 Å². The quantitative estimate of drug-likeness (QED) is 0.824. The van der Waals surface area contributed by atoms with Crippen molar-refractivity contribution in [3.63, 3.8) is 0 Å². The van der Waals surface area contributed by atoms with Gasteiger partial charge < -0.3 is 14.5 Å². The molecule has 0 bridgehead atoms. The van der Waals surface area contributed by atoms with Crippen molar-refractivity contribution in [2.24, 2.45) is 0 Å². The highest BCUT2D eigenvalue weighted by Gasteiger charge is 2.11. The van der Waals surface area contributed by atoms with E-state index in [0.717, 1.165) is 42.4 Å². The highest BCUT2D eigenvalue weighted by molar-refractivity contribution is 5.64. The second-order valence-corrected chi connectivity index (χ2v) is 6.10. The third-order valence-electron chi connectivity index (χ3n) is 3.15. The Morgan fingerprint density at radius 1 is 1.24 bits per heavy atom. The van der Waals surface area contributed by atoms with E-state index < -0.39 is 0 Å². The zero-order chi connectivity index (χ0) is 15.3. The first-order valence-electron chi connectivity index (χ1n) is 7.33. The maximum atomic E-state index is 5.83. The summed E-state index contributed by atoms with van der Waals surface area (Å²) in [5.74, 6) is 2.33. The molecule has 0 radical (unpaired) electrons. The molecule has 2 aromatic rings. The van der Waals surface area contributed by atoms with Crippen LogP contribution in [0.1, 0.15) is 33.1 Å². The largest absolute Gasteiger partial charge is 0.496 e. The molecule has 0 amide bonds. The smallest absolute Gasteiger partial charge is 0.194 e. The molecule has 1 N–H and O–H groups in total. The van der Waals surface area contributed by atoms with Gasteiger partial charge in [-0.3, -0.25) is 0 Å². The van der Waals surface area contributed by atoms with Gasteiger partial charge in [-0.25, -0.2) is 4.98 Å². The van der Waals surface area contributed by atoms with E-state index >= 15 is 0 Å². The summed E-state index contributed by atoms with van der Waals surface area (Å²) in [5.41, 5.74) is 1.09. The fraction of sp³-hybridized carbons (Fsp3) is 0.471. The maximum Gasteiger partial charge on any atom is 0.194 e. The molecule has 0 aliphatic rings. The lowest BCUT2D eigenvalue weighted by molar-refractivity contribution is 0.408. The third-order valence-corrected chi connectivity index (χ3v) is 3.15. The number of nitrogens with zero attached hydrogens (tertiary/aromatic N) is 1. The molecule has 1 heterocycles. The molecule has 0 atom stereocenters. The average Bonchev–Trinajstić information content (AvgIpc) is 2.91. The number of oxazole rings is 1. The van der Waals surface area contributed by atoms with Crippen LogP contribution in [0.25, 0.3) is 11.3 Å². The van der Waals surface area contributed by atoms with Gasteiger partial charge in [0.05, 0.1) is 18.9 Å². The van der Waals surface area contributed by atoms with Crippen LogP contribution in [0.2, 0.25) is 0 Å². The van der Waals surface area contributed by atoms with Gasteiger partial charge in [0.15, 0.2) is 11.7 Å². The lowest BCUT2D eigenvalue weighted by atomic mass is 10.1. The second-order valence-electron chi connectivity index (χ2n) is 6.10. The van der Waals surface area contributed by atoms with Gasteiger partial charge in [0.1, 0.15) is 5.75 Å². The van der Waals surface area contributed by atoms with Crippen LogP contribution in [0.5, 0.6) is 5.75 Å². The molecule has 0 aliphatic carbocycles. The predicted octanol–water partition coefficient (Wildman–Crippen LogP) is 3.67. The number of aromatic nitrogens is 1. The summed E-state index contributed by atoms with van der Waals surface area (Å²) in [6.45, 7) is 7.45. The number of hydrogen-bond donors (Lipinski definition) is 1. The van der Waals surface area contributed by atoms with Crippen molar-refractivity contribution < 1.29 is 9.15 Å². The molecule has 1 aromatic heterocycles. The Morgan fingerprint density at radius 2 is 2.00 bits per heavy atom. The van der Waals surface area contributed by atoms with Gasteiger partial charge in [0, 0.05) is 12.0 Å². The highest BCUT2D eigenvalue weighted by Crippen LogP contribution is 2.30. The molecule has 2 rings (SSSR count). The number of nitrogens with one attached hydrogen (secondary N) is 1. The van der Waals surface area contributed by atoms with Crippen LogP contribution in [0.4, 0.5) is 0 Å². The molecule has 0 aliphatic heterocycles. The molecule has 0 fully saturated rings. The Kier molecular flexibility index (Phi) is 5.02. The van der Waals surface area contributed by atoms with Crippen molar-refractivity contribution in [2.75, 3.05) is 13.7 Å². The van der Waals surface area contributed by atoms with Crippen molar-refractivity contribution in [1.82, 2.24) is 10.3 Å². The van der Waals surface area contributed by atoms with Crippen LogP contribution in [-0.2, 0) is 6.42 Å². The molecule has 21 heavy (non-hydrogen) atoms. The van der Waals surface area contributed by atoms with E-state index in [4.69, 9.17) is 9.15 Å². The Morgan fingerprint density at radius 3 is 2.71 bits per heavy atom. The Labute approximate surface area is 126 Å². The Bertz CT molecular complexity index is 570. The molecular weight excluding hydrogens is 264 g/mol. The van der Waals surface area contributed by atoms with Crippen molar-refractivity contribution >= 4 is 0 Å². The lowest BCUT2D eigenvalue weighted by Gasteiger charge is -2.20. The topological polar surface area (TPSA) is 47.3 Å². The zero-order valence-electron chi connectivity index (χ0n) is 13.3. The first-order chi connectivity index (χ1) is 9.99. The molecule has 0 saturated carbocycles. The maximum absolute atomic E-state index is 5.83. The average molecular weight is 288 g/mol. The summed E-state index contributed by atoms with van der Waals surface area (Å²) in [5, 5.41) is 3.46. The normalized spacial score (nSPS) is 11.6. The first kappa shape index (κ1) is 15.6. The van der Waals surface area contributed by atoms with Crippen LogP contribution >= 0.6 is 0 Å². The number of hydrogen-bond acceptors (Lipinski definition) is 4. The van der Waals surface area contributed by atoms with Crippen molar-refractivity contribution in [2.45, 2.75) is 39.2 Å². The van der Waals surface area contributed by atoms with Gasteiger partial charge in [0.2, 0.25) is 0 Å². The predicted molar refractivity (Wildman–Crippen MR) is 84.6 cm³/mol. The molecule has 1 aromatic carbocycles. The molecule has 4 nitrogen and oxygen atoms in total. The van der Waals surface area contributed by atoms with E-state index in [9.17, 15) is 0 Å². The van der Waals surface area contributed by atoms with E-state index in [1.807, 2.05) is 24.3 Å². The van der Waals surface area contributed by atoms with E-state index in [1.165, 1.54) is 0 Å². The molecule has 114 valence electrons. The van der Waals surface area contributed by atoms with Crippen LogP contribution in [0, 0.1) is 0 Å². The number of aryl methyl sites for hydroxylation is 1. The summed E-state index contributed by atoms with van der Waals surface area (Å²) < 4.78 is 11.2. The van der Waals surface area contributed by atoms with Crippen LogP contribution in [0.3, 0.4) is 0 Å². The van der Waals surface area contributed by atoms with Crippen LogP contribution < -0.4 is 10.1 Å². The van der Waals surface area contributed by atoms with Crippen molar-refractivity contribution in [3.05, 3.63) is 36.4 Å². The summed E-state index contributed by atoms with van der Waals surface area (Å²) in [4.78, 5) is 4.35. The van der Waals surface area contributed by atoms with Crippen molar-refractivity contribution in [1.29, 1.82) is 0 Å². The summed E-state index contributed by atoms with van der Waals surface area (Å²) in [6.07, 6.45) is 3.60. The molecule has 4 heteroatoms. The fourth-order valence-corrected chi connectivity index (χ4v) is 2.10. The van der Waals surface area contributed by atoms with E-state index in [-0.39, 0.29) is 5.54 Å². The highest BCUT2D eigenvalue weighted by atomic mass is 16.5. The number of para-hydroxylation sites is 1.